The topological polar surface area (TPSA) is 58.3 Å². The van der Waals surface area contributed by atoms with Gasteiger partial charge in [-0.15, -0.1) is 4.98 Å². The Morgan fingerprint density at radius 2 is 2.04 bits per heavy atom. The van der Waals surface area contributed by atoms with E-state index in [1.807, 2.05) is 12.1 Å². The van der Waals surface area contributed by atoms with E-state index >= 15 is 0 Å². The third kappa shape index (κ3) is 2.39. The average molecular weight is 344 g/mol. The van der Waals surface area contributed by atoms with Gasteiger partial charge >= 0.3 is 0 Å². The molecule has 5 nitrogen and oxygen atoms in total. The van der Waals surface area contributed by atoms with Gasteiger partial charge in [-0.1, -0.05) is 12.1 Å². The molecule has 7 heteroatoms. The number of rotatable bonds is 3. The molecular formula is C18H16F2N3O2+. The Morgan fingerprint density at radius 3 is 2.72 bits per heavy atom. The van der Waals surface area contributed by atoms with E-state index in [1.165, 1.54) is 30.1 Å². The van der Waals surface area contributed by atoms with Crippen molar-refractivity contribution in [3.05, 3.63) is 48.5 Å². The van der Waals surface area contributed by atoms with Crippen molar-refractivity contribution in [1.82, 2.24) is 4.98 Å². The first kappa shape index (κ1) is 15.7. The van der Waals surface area contributed by atoms with Crippen LogP contribution >= 0.6 is 0 Å². The number of anilines is 1. The summed E-state index contributed by atoms with van der Waals surface area (Å²) in [7, 11) is 1.53. The van der Waals surface area contributed by atoms with E-state index in [9.17, 15) is 13.9 Å². The highest BCUT2D eigenvalue weighted by Gasteiger charge is 2.44. The maximum atomic E-state index is 14.8. The lowest BCUT2D eigenvalue weighted by Crippen LogP contribution is -2.54. The third-order valence-electron chi connectivity index (χ3n) is 4.47. The molecule has 4 rings (SSSR count). The number of halogens is 2. The number of aromatic nitrogens is 2. The Kier molecular flexibility index (Phi) is 3.54. The molecule has 2 aromatic carbocycles. The minimum atomic E-state index is -1.93. The number of nitrogens with one attached hydrogen (secondary N) is 1. The van der Waals surface area contributed by atoms with Crippen molar-refractivity contribution < 1.29 is 23.2 Å². The molecule has 0 saturated carbocycles. The number of aliphatic hydroxyl groups is 1. The number of hydrogen-bond donors (Lipinski definition) is 2. The molecule has 0 saturated heterocycles. The molecule has 0 spiro atoms. The van der Waals surface area contributed by atoms with E-state index in [1.54, 1.807) is 12.1 Å². The fraction of sp³-hybridized carbons (Fsp3) is 0.222. The molecular weight excluding hydrogens is 328 g/mol. The van der Waals surface area contributed by atoms with Gasteiger partial charge in [-0.05, 0) is 35.4 Å². The van der Waals surface area contributed by atoms with Gasteiger partial charge in [0.2, 0.25) is 12.1 Å². The molecule has 3 aromatic rings. The van der Waals surface area contributed by atoms with Crippen LogP contribution in [0, 0.1) is 5.82 Å². The zero-order valence-corrected chi connectivity index (χ0v) is 13.5. The minimum Gasteiger partial charge on any atom is -0.493 e. The standard InChI is InChI=1S/C18H15F2N3O2/c1-25-15-7-12(11-2-4-13(19)5-3-11)6-14-16(15)22-10-23-17(14)21-8-18(23,20)9-24/h2-7,10,24H,8-9H2,1H3/p+1. The number of fused-ring (bicyclic) bond motifs is 3. The van der Waals surface area contributed by atoms with E-state index in [-0.39, 0.29) is 12.4 Å². The maximum absolute atomic E-state index is 14.8. The molecule has 1 aromatic heterocycles. The minimum absolute atomic E-state index is 0.0482. The summed E-state index contributed by atoms with van der Waals surface area (Å²) in [5.74, 6) is -1.21. The molecule has 0 amide bonds. The lowest BCUT2D eigenvalue weighted by Gasteiger charge is -2.14. The second-order valence-electron chi connectivity index (χ2n) is 5.97. The first-order chi connectivity index (χ1) is 12.1. The lowest BCUT2D eigenvalue weighted by molar-refractivity contribution is -0.771. The fourth-order valence-electron chi connectivity index (χ4n) is 3.11. The molecule has 1 aliphatic rings. The highest BCUT2D eigenvalue weighted by molar-refractivity contribution is 5.95. The third-order valence-corrected chi connectivity index (χ3v) is 4.47. The van der Waals surface area contributed by atoms with Crippen LogP contribution in [0.2, 0.25) is 0 Å². The van der Waals surface area contributed by atoms with Gasteiger partial charge in [0.15, 0.2) is 11.3 Å². The molecule has 0 fully saturated rings. The van der Waals surface area contributed by atoms with Crippen LogP contribution < -0.4 is 14.6 Å². The summed E-state index contributed by atoms with van der Waals surface area (Å²) in [4.78, 5) is 4.30. The highest BCUT2D eigenvalue weighted by atomic mass is 19.1. The lowest BCUT2D eigenvalue weighted by atomic mass is 10.0. The SMILES string of the molecule is COc1cc(-c2ccc(F)cc2)cc2c3[n+](cnc12)C(F)(CO)CN3. The normalized spacial score (nSPS) is 18.9. The van der Waals surface area contributed by atoms with E-state index < -0.39 is 12.4 Å². The Balaban J connectivity index is 1.97. The second-order valence-corrected chi connectivity index (χ2v) is 5.97. The van der Waals surface area contributed by atoms with E-state index in [0.717, 1.165) is 11.1 Å². The van der Waals surface area contributed by atoms with Crippen LogP contribution in [0.5, 0.6) is 5.75 Å². The molecule has 0 radical (unpaired) electrons. The molecule has 2 N–H and O–H groups in total. The largest absolute Gasteiger partial charge is 0.493 e. The average Bonchev–Trinajstić information content (AvgIpc) is 2.99. The second kappa shape index (κ2) is 5.63. The van der Waals surface area contributed by atoms with Gasteiger partial charge < -0.3 is 9.84 Å². The fourth-order valence-corrected chi connectivity index (χ4v) is 3.11. The van der Waals surface area contributed by atoms with E-state index in [0.29, 0.717) is 22.5 Å². The monoisotopic (exact) mass is 344 g/mol. The van der Waals surface area contributed by atoms with Crippen LogP contribution in [-0.2, 0) is 5.79 Å². The number of alkyl halides is 1. The molecule has 1 unspecified atom stereocenters. The van der Waals surface area contributed by atoms with Crippen molar-refractivity contribution in [1.29, 1.82) is 0 Å². The van der Waals surface area contributed by atoms with Crippen LogP contribution in [0.15, 0.2) is 42.7 Å². The number of benzene rings is 2. The summed E-state index contributed by atoms with van der Waals surface area (Å²) in [6.07, 6.45) is 1.36. The van der Waals surface area contributed by atoms with Crippen LogP contribution in [0.4, 0.5) is 14.6 Å². The molecule has 2 heterocycles. The van der Waals surface area contributed by atoms with E-state index in [2.05, 4.69) is 10.3 Å². The van der Waals surface area contributed by atoms with Crippen LogP contribution in [-0.4, -0.2) is 30.4 Å². The number of hydrogen-bond acceptors (Lipinski definition) is 4. The van der Waals surface area contributed by atoms with Crippen molar-refractivity contribution in [2.24, 2.45) is 0 Å². The quantitative estimate of drug-likeness (QED) is 0.717. The Morgan fingerprint density at radius 1 is 1.28 bits per heavy atom. The molecule has 25 heavy (non-hydrogen) atoms. The summed E-state index contributed by atoms with van der Waals surface area (Å²) < 4.78 is 34.7. The van der Waals surface area contributed by atoms with Crippen molar-refractivity contribution in [2.75, 3.05) is 25.6 Å². The smallest absolute Gasteiger partial charge is 0.284 e. The van der Waals surface area contributed by atoms with E-state index in [4.69, 9.17) is 4.74 Å². The molecule has 128 valence electrons. The zero-order chi connectivity index (χ0) is 17.6. The van der Waals surface area contributed by atoms with Crippen molar-refractivity contribution in [3.63, 3.8) is 0 Å². The van der Waals surface area contributed by atoms with Gasteiger partial charge in [0, 0.05) is 0 Å². The molecule has 0 bridgehead atoms. The van der Waals surface area contributed by atoms with Gasteiger partial charge in [0.1, 0.15) is 19.0 Å². The summed E-state index contributed by atoms with van der Waals surface area (Å²) in [5.41, 5.74) is 2.17. The van der Waals surface area contributed by atoms with Crippen molar-refractivity contribution in [2.45, 2.75) is 5.79 Å². The number of ether oxygens (including phenoxy) is 1. The van der Waals surface area contributed by atoms with Crippen molar-refractivity contribution >= 4 is 16.7 Å². The van der Waals surface area contributed by atoms with Gasteiger partial charge in [0.25, 0.3) is 5.79 Å². The zero-order valence-electron chi connectivity index (χ0n) is 13.5. The molecule has 1 atom stereocenters. The summed E-state index contributed by atoms with van der Waals surface area (Å²) in [5, 5.41) is 13.0. The van der Waals surface area contributed by atoms with Crippen LogP contribution in [0.1, 0.15) is 0 Å². The predicted molar refractivity (Wildman–Crippen MR) is 88.5 cm³/mol. The summed E-state index contributed by atoms with van der Waals surface area (Å²) >= 11 is 0. The molecule has 0 aliphatic carbocycles. The maximum Gasteiger partial charge on any atom is 0.284 e. The number of aliphatic hydroxyl groups excluding tert-OH is 1. The molecule has 1 aliphatic heterocycles. The Hall–Kier alpha value is -2.80. The first-order valence-corrected chi connectivity index (χ1v) is 7.78. The number of methoxy groups -OCH3 is 1. The number of nitrogens with zero attached hydrogens (tertiary/aromatic N) is 2. The van der Waals surface area contributed by atoms with Gasteiger partial charge in [-0.3, -0.25) is 5.32 Å². The summed E-state index contributed by atoms with van der Waals surface area (Å²) in [6.45, 7) is -0.701. The van der Waals surface area contributed by atoms with Gasteiger partial charge in [-0.2, -0.15) is 8.96 Å². The van der Waals surface area contributed by atoms with Crippen LogP contribution in [0.25, 0.3) is 22.0 Å². The highest BCUT2D eigenvalue weighted by Crippen LogP contribution is 2.36. The first-order valence-electron chi connectivity index (χ1n) is 7.78. The predicted octanol–water partition coefficient (Wildman–Crippen LogP) is 2.38. The van der Waals surface area contributed by atoms with Gasteiger partial charge in [0.05, 0.1) is 12.5 Å². The van der Waals surface area contributed by atoms with Gasteiger partial charge in [-0.25, -0.2) is 4.39 Å². The Labute approximate surface area is 142 Å². The van der Waals surface area contributed by atoms with Crippen molar-refractivity contribution in [3.8, 4) is 16.9 Å². The van der Waals surface area contributed by atoms with Crippen LogP contribution in [0.3, 0.4) is 0 Å². The summed E-state index contributed by atoms with van der Waals surface area (Å²) in [6, 6.07) is 9.75. The Bertz CT molecular complexity index is 963.